The van der Waals surface area contributed by atoms with E-state index in [2.05, 4.69) is 26.7 Å². The summed E-state index contributed by atoms with van der Waals surface area (Å²) in [6, 6.07) is -2.17. The highest BCUT2D eigenvalue weighted by molar-refractivity contribution is 5.87. The van der Waals surface area contributed by atoms with E-state index >= 15 is 0 Å². The number of rotatable bonds is 36. The number of carboxylic acids is 3. The zero-order chi connectivity index (χ0) is 38.8. The fourth-order valence-corrected chi connectivity index (χ4v) is 4.53. The van der Waals surface area contributed by atoms with Gasteiger partial charge >= 0.3 is 17.9 Å². The number of nitrogens with one attached hydrogen (secondary N) is 5. The minimum Gasteiger partial charge on any atom is -0.481 e. The molecule has 0 aromatic heterocycles. The van der Waals surface area contributed by atoms with Gasteiger partial charge in [-0.25, -0.2) is 10.2 Å². The van der Waals surface area contributed by atoms with Gasteiger partial charge in [-0.15, -0.1) is 0 Å². The Kier molecular flexibility index (Phi) is 30.5. The van der Waals surface area contributed by atoms with Crippen molar-refractivity contribution in [2.75, 3.05) is 59.3 Å². The summed E-state index contributed by atoms with van der Waals surface area (Å²) in [5.41, 5.74) is 2.19. The van der Waals surface area contributed by atoms with Crippen molar-refractivity contribution >= 4 is 41.5 Å². The predicted octanol–water partition coefficient (Wildman–Crippen LogP) is -0.193. The maximum Gasteiger partial charge on any atom is 0.326 e. The number of hydrogen-bond donors (Lipinski definition) is 9. The Labute approximate surface area is 304 Å². The molecule has 0 spiro atoms. The SMILES string of the molecule is NN[C@@H](CCCCNC(=O)CC[C@H](NC(=O)CCC(=O)NCCCOCCOCCOCCCNC(=O)CCCCCCC(=O)O)C(=O)O)C(=O)O. The molecule has 19 heteroatoms. The van der Waals surface area contributed by atoms with Crippen LogP contribution in [0.15, 0.2) is 0 Å². The lowest BCUT2D eigenvalue weighted by Gasteiger charge is -2.15. The van der Waals surface area contributed by atoms with E-state index in [-0.39, 0.29) is 56.9 Å². The van der Waals surface area contributed by atoms with Gasteiger partial charge in [0.1, 0.15) is 12.1 Å². The summed E-state index contributed by atoms with van der Waals surface area (Å²) < 4.78 is 16.4. The van der Waals surface area contributed by atoms with E-state index in [0.29, 0.717) is 91.3 Å². The predicted molar refractivity (Wildman–Crippen MR) is 187 cm³/mol. The molecule has 10 N–H and O–H groups in total. The van der Waals surface area contributed by atoms with Crippen molar-refractivity contribution < 1.29 is 63.1 Å². The van der Waals surface area contributed by atoms with E-state index in [0.717, 1.165) is 19.3 Å². The summed E-state index contributed by atoms with van der Waals surface area (Å²) in [7, 11) is 0. The van der Waals surface area contributed by atoms with Gasteiger partial charge in [-0.1, -0.05) is 12.8 Å². The molecule has 2 atom stereocenters. The number of nitrogens with two attached hydrogens (primary N) is 1. The highest BCUT2D eigenvalue weighted by Crippen LogP contribution is 2.06. The summed E-state index contributed by atoms with van der Waals surface area (Å²) >= 11 is 0. The third-order valence-electron chi connectivity index (χ3n) is 7.48. The third-order valence-corrected chi connectivity index (χ3v) is 7.48. The molecule has 0 unspecified atom stereocenters. The van der Waals surface area contributed by atoms with E-state index < -0.39 is 41.8 Å². The number of carbonyl (C=O) groups is 7. The number of hydrogen-bond acceptors (Lipinski definition) is 12. The Bertz CT molecular complexity index is 1050. The highest BCUT2D eigenvalue weighted by atomic mass is 16.5. The lowest BCUT2D eigenvalue weighted by atomic mass is 10.1. The minimum absolute atomic E-state index is 0.0161. The average molecular weight is 749 g/mol. The zero-order valence-corrected chi connectivity index (χ0v) is 30.1. The Balaban J connectivity index is 3.70. The second kappa shape index (κ2) is 33.0. The molecule has 300 valence electrons. The molecule has 0 fully saturated rings. The van der Waals surface area contributed by atoms with Crippen molar-refractivity contribution in [3.05, 3.63) is 0 Å². The van der Waals surface area contributed by atoms with Crippen molar-refractivity contribution in [2.24, 2.45) is 5.84 Å². The summed E-state index contributed by atoms with van der Waals surface area (Å²) in [5.74, 6) is 0.574. The molecule has 0 heterocycles. The fraction of sp³-hybridized carbons (Fsp3) is 0.788. The van der Waals surface area contributed by atoms with Gasteiger partial charge < -0.3 is 50.8 Å². The van der Waals surface area contributed by atoms with Crippen LogP contribution in [0.2, 0.25) is 0 Å². The number of ether oxygens (including phenoxy) is 3. The van der Waals surface area contributed by atoms with Gasteiger partial charge in [0, 0.05) is 65.0 Å². The maximum atomic E-state index is 12.2. The van der Waals surface area contributed by atoms with Gasteiger partial charge in [0.25, 0.3) is 0 Å². The van der Waals surface area contributed by atoms with E-state index in [1.807, 2.05) is 0 Å². The van der Waals surface area contributed by atoms with E-state index in [4.69, 9.17) is 30.3 Å². The Morgan fingerprint density at radius 1 is 0.462 bits per heavy atom. The van der Waals surface area contributed by atoms with Crippen LogP contribution in [0.25, 0.3) is 0 Å². The number of aliphatic carboxylic acids is 3. The van der Waals surface area contributed by atoms with Gasteiger partial charge in [0.2, 0.25) is 23.6 Å². The molecule has 52 heavy (non-hydrogen) atoms. The van der Waals surface area contributed by atoms with Crippen molar-refractivity contribution in [3.8, 4) is 0 Å². The van der Waals surface area contributed by atoms with Crippen molar-refractivity contribution in [2.45, 2.75) is 108 Å². The topological polar surface area (TPSA) is 294 Å². The molecule has 19 nitrogen and oxygen atoms in total. The van der Waals surface area contributed by atoms with Crippen LogP contribution in [0, 0.1) is 0 Å². The Morgan fingerprint density at radius 3 is 1.44 bits per heavy atom. The van der Waals surface area contributed by atoms with E-state index in [1.165, 1.54) is 0 Å². The molecule has 4 amide bonds. The third kappa shape index (κ3) is 30.9. The van der Waals surface area contributed by atoms with Crippen LogP contribution in [-0.4, -0.2) is 128 Å². The number of hydrazine groups is 1. The van der Waals surface area contributed by atoms with Crippen LogP contribution in [-0.2, 0) is 47.8 Å². The summed E-state index contributed by atoms with van der Waals surface area (Å²) in [4.78, 5) is 80.9. The zero-order valence-electron chi connectivity index (χ0n) is 30.1. The lowest BCUT2D eigenvalue weighted by molar-refractivity contribution is -0.142. The summed E-state index contributed by atoms with van der Waals surface area (Å²) in [6.45, 7) is 3.59. The van der Waals surface area contributed by atoms with Gasteiger partial charge in [0.15, 0.2) is 0 Å². The molecular formula is C33H60N6O13. The van der Waals surface area contributed by atoms with Crippen LogP contribution in [0.1, 0.15) is 96.3 Å². The first-order valence-electron chi connectivity index (χ1n) is 17.9. The smallest absolute Gasteiger partial charge is 0.326 e. The van der Waals surface area contributed by atoms with Gasteiger partial charge in [-0.05, 0) is 51.4 Å². The largest absolute Gasteiger partial charge is 0.481 e. The standard InChI is InChI=1S/C33H60N6O13/c34-39-26(33(48)49)9-5-6-16-35-28(41)13-12-25(32(46)47)38-30(43)15-14-29(42)37-18-8-20-51-22-24-52-23-21-50-19-7-17-36-27(40)10-3-1-2-4-11-31(44)45/h25-26,39H,1-24,34H2,(H,35,41)(H,36,40)(H,37,42)(H,38,43)(H,44,45)(H,46,47)(H,48,49)/t25-,26-/m0/s1. The van der Waals surface area contributed by atoms with Crippen molar-refractivity contribution in [1.29, 1.82) is 0 Å². The lowest BCUT2D eigenvalue weighted by Crippen LogP contribution is -2.42. The van der Waals surface area contributed by atoms with Gasteiger partial charge in [0.05, 0.1) is 26.4 Å². The second-order valence-electron chi connectivity index (χ2n) is 12.0. The quantitative estimate of drug-likeness (QED) is 0.0228. The molecular weight excluding hydrogens is 688 g/mol. The van der Waals surface area contributed by atoms with Crippen LogP contribution < -0.4 is 32.5 Å². The van der Waals surface area contributed by atoms with Crippen molar-refractivity contribution in [1.82, 2.24) is 26.7 Å². The van der Waals surface area contributed by atoms with Crippen LogP contribution in [0.4, 0.5) is 0 Å². The molecule has 0 saturated carbocycles. The summed E-state index contributed by atoms with van der Waals surface area (Å²) in [5, 5.41) is 37.4. The Hall–Kier alpha value is -3.91. The van der Waals surface area contributed by atoms with E-state index in [9.17, 15) is 38.7 Å². The van der Waals surface area contributed by atoms with Gasteiger partial charge in [-0.3, -0.25) is 34.6 Å². The monoisotopic (exact) mass is 748 g/mol. The molecule has 0 radical (unpaired) electrons. The van der Waals surface area contributed by atoms with Gasteiger partial charge in [-0.2, -0.15) is 0 Å². The number of amides is 4. The fourth-order valence-electron chi connectivity index (χ4n) is 4.53. The molecule has 0 bridgehead atoms. The average Bonchev–Trinajstić information content (AvgIpc) is 3.09. The van der Waals surface area contributed by atoms with Crippen LogP contribution >= 0.6 is 0 Å². The van der Waals surface area contributed by atoms with Crippen LogP contribution in [0.3, 0.4) is 0 Å². The minimum atomic E-state index is -1.30. The van der Waals surface area contributed by atoms with Crippen molar-refractivity contribution in [3.63, 3.8) is 0 Å². The molecule has 0 aromatic rings. The number of unbranched alkanes of at least 4 members (excludes halogenated alkanes) is 4. The molecule has 0 rings (SSSR count). The first-order chi connectivity index (χ1) is 25.0. The molecule has 0 aliphatic rings. The number of carboxylic acid groups (broad SMARTS) is 3. The first kappa shape index (κ1) is 48.1. The Morgan fingerprint density at radius 2 is 0.923 bits per heavy atom. The highest BCUT2D eigenvalue weighted by Gasteiger charge is 2.21. The maximum absolute atomic E-state index is 12.2. The summed E-state index contributed by atoms with van der Waals surface area (Å²) in [6.07, 6.45) is 5.51. The number of carbonyl (C=O) groups excluding carboxylic acids is 4. The molecule has 0 aromatic carbocycles. The first-order valence-corrected chi connectivity index (χ1v) is 17.9. The molecule has 0 aliphatic carbocycles. The second-order valence-corrected chi connectivity index (χ2v) is 12.0. The molecule has 0 saturated heterocycles. The van der Waals surface area contributed by atoms with Crippen LogP contribution in [0.5, 0.6) is 0 Å². The normalized spacial score (nSPS) is 12.0. The van der Waals surface area contributed by atoms with E-state index in [1.54, 1.807) is 0 Å². The molecule has 0 aliphatic heterocycles.